The van der Waals surface area contributed by atoms with Crippen LogP contribution in [0.4, 0.5) is 0 Å². The highest BCUT2D eigenvalue weighted by Crippen LogP contribution is 2.30. The maximum Gasteiger partial charge on any atom is 0.0991 e. The van der Waals surface area contributed by atoms with Crippen LogP contribution in [0, 0.1) is 11.3 Å². The first kappa shape index (κ1) is 10.0. The Bertz CT molecular complexity index is 597. The summed E-state index contributed by atoms with van der Waals surface area (Å²) in [4.78, 5) is 4.23. The molecular weight excluding hydrogens is 212 g/mol. The van der Waals surface area contributed by atoms with Crippen LogP contribution in [0.15, 0.2) is 36.7 Å². The number of pyridine rings is 1. The average molecular weight is 222 g/mol. The van der Waals surface area contributed by atoms with Gasteiger partial charge in [0.15, 0.2) is 0 Å². The highest BCUT2D eigenvalue weighted by Gasteiger charge is 2.16. The number of ether oxygens (including phenoxy) is 1. The minimum absolute atomic E-state index is 0.645. The second-order valence-corrected chi connectivity index (χ2v) is 4.01. The molecule has 3 rings (SSSR count). The van der Waals surface area contributed by atoms with Crippen molar-refractivity contribution in [2.24, 2.45) is 0 Å². The fourth-order valence-corrected chi connectivity index (χ4v) is 2.06. The summed E-state index contributed by atoms with van der Waals surface area (Å²) in [6.45, 7) is 1.29. The molecule has 82 valence electrons. The fraction of sp³-hybridized carbons (Fsp3) is 0.143. The van der Waals surface area contributed by atoms with Gasteiger partial charge in [0.2, 0.25) is 0 Å². The fourth-order valence-electron chi connectivity index (χ4n) is 2.06. The largest absolute Gasteiger partial charge is 0.372 e. The summed E-state index contributed by atoms with van der Waals surface area (Å²) >= 11 is 0. The van der Waals surface area contributed by atoms with E-state index in [2.05, 4.69) is 11.1 Å². The van der Waals surface area contributed by atoms with Crippen LogP contribution in [0.25, 0.3) is 11.1 Å². The van der Waals surface area contributed by atoms with Crippen molar-refractivity contribution in [3.8, 4) is 17.2 Å². The molecule has 0 radical (unpaired) electrons. The number of aromatic nitrogens is 1. The lowest BCUT2D eigenvalue weighted by molar-refractivity contribution is 0.134. The van der Waals surface area contributed by atoms with Crippen LogP contribution in [0.1, 0.15) is 16.7 Å². The van der Waals surface area contributed by atoms with Gasteiger partial charge in [0.05, 0.1) is 24.8 Å². The minimum atomic E-state index is 0.645. The van der Waals surface area contributed by atoms with Crippen molar-refractivity contribution >= 4 is 0 Å². The normalized spacial score (nSPS) is 13.1. The van der Waals surface area contributed by atoms with Crippen molar-refractivity contribution in [2.75, 3.05) is 0 Å². The van der Waals surface area contributed by atoms with E-state index in [-0.39, 0.29) is 0 Å². The van der Waals surface area contributed by atoms with Gasteiger partial charge < -0.3 is 4.74 Å². The Hall–Kier alpha value is -2.18. The van der Waals surface area contributed by atoms with E-state index in [1.165, 1.54) is 5.56 Å². The lowest BCUT2D eigenvalue weighted by atomic mass is 9.99. The summed E-state index contributed by atoms with van der Waals surface area (Å²) in [5.74, 6) is 0. The van der Waals surface area contributed by atoms with Crippen molar-refractivity contribution in [3.63, 3.8) is 0 Å². The molecule has 0 fully saturated rings. The molecule has 0 aliphatic carbocycles. The van der Waals surface area contributed by atoms with Gasteiger partial charge in [-0.3, -0.25) is 4.98 Å². The molecule has 17 heavy (non-hydrogen) atoms. The van der Waals surface area contributed by atoms with E-state index in [0.717, 1.165) is 16.7 Å². The zero-order chi connectivity index (χ0) is 11.7. The Morgan fingerprint density at radius 3 is 2.71 bits per heavy atom. The van der Waals surface area contributed by atoms with Crippen LogP contribution in [0.5, 0.6) is 0 Å². The topological polar surface area (TPSA) is 45.9 Å². The van der Waals surface area contributed by atoms with Gasteiger partial charge in [0.1, 0.15) is 0 Å². The Kier molecular flexibility index (Phi) is 2.36. The van der Waals surface area contributed by atoms with E-state index < -0.39 is 0 Å². The van der Waals surface area contributed by atoms with Crippen molar-refractivity contribution in [1.29, 1.82) is 5.26 Å². The molecule has 0 saturated heterocycles. The quantitative estimate of drug-likeness (QED) is 0.745. The second kappa shape index (κ2) is 4.00. The molecule has 2 heterocycles. The molecule has 0 saturated carbocycles. The third-order valence-electron chi connectivity index (χ3n) is 2.98. The molecule has 1 aliphatic heterocycles. The van der Waals surface area contributed by atoms with Gasteiger partial charge in [-0.05, 0) is 23.3 Å². The summed E-state index contributed by atoms with van der Waals surface area (Å²) < 4.78 is 5.43. The SMILES string of the molecule is N#Cc1ccc(-c2cncc3c2COC3)cc1. The number of benzene rings is 1. The molecule has 1 aliphatic rings. The molecule has 0 amide bonds. The van der Waals surface area contributed by atoms with Crippen LogP contribution < -0.4 is 0 Å². The maximum absolute atomic E-state index is 8.77. The van der Waals surface area contributed by atoms with Crippen molar-refractivity contribution in [1.82, 2.24) is 4.98 Å². The van der Waals surface area contributed by atoms with Gasteiger partial charge in [-0.1, -0.05) is 12.1 Å². The highest BCUT2D eigenvalue weighted by atomic mass is 16.5. The molecule has 0 atom stereocenters. The number of hydrogen-bond acceptors (Lipinski definition) is 3. The molecule has 0 N–H and O–H groups in total. The zero-order valence-electron chi connectivity index (χ0n) is 9.18. The molecule has 1 aromatic heterocycles. The maximum atomic E-state index is 8.77. The molecule has 3 nitrogen and oxygen atoms in total. The molecular formula is C14H10N2O. The first-order valence-corrected chi connectivity index (χ1v) is 5.42. The summed E-state index contributed by atoms with van der Waals surface area (Å²) in [7, 11) is 0. The van der Waals surface area contributed by atoms with E-state index >= 15 is 0 Å². The second-order valence-electron chi connectivity index (χ2n) is 4.01. The third-order valence-corrected chi connectivity index (χ3v) is 2.98. The Balaban J connectivity index is 2.10. The predicted molar refractivity (Wildman–Crippen MR) is 62.9 cm³/mol. The van der Waals surface area contributed by atoms with Crippen molar-refractivity contribution in [2.45, 2.75) is 13.2 Å². The van der Waals surface area contributed by atoms with Crippen LogP contribution in [0.3, 0.4) is 0 Å². The first-order chi connectivity index (χ1) is 8.38. The average Bonchev–Trinajstić information content (AvgIpc) is 2.87. The van der Waals surface area contributed by atoms with Gasteiger partial charge in [-0.2, -0.15) is 5.26 Å². The van der Waals surface area contributed by atoms with E-state index in [0.29, 0.717) is 18.8 Å². The van der Waals surface area contributed by atoms with Gasteiger partial charge in [0, 0.05) is 23.5 Å². The molecule has 0 bridgehead atoms. The predicted octanol–water partition coefficient (Wildman–Crippen LogP) is 2.65. The zero-order valence-corrected chi connectivity index (χ0v) is 9.18. The highest BCUT2D eigenvalue weighted by molar-refractivity contribution is 5.68. The summed E-state index contributed by atoms with van der Waals surface area (Å²) in [5.41, 5.74) is 5.23. The number of fused-ring (bicyclic) bond motifs is 1. The number of rotatable bonds is 1. The van der Waals surface area contributed by atoms with E-state index in [9.17, 15) is 0 Å². The standard InChI is InChI=1S/C14H10N2O/c15-5-10-1-3-11(4-2-10)13-7-16-6-12-8-17-9-14(12)13/h1-4,6-7H,8-9H2. The Labute approximate surface area is 99.3 Å². The molecule has 0 spiro atoms. The summed E-state index contributed by atoms with van der Waals surface area (Å²) in [5, 5.41) is 8.77. The summed E-state index contributed by atoms with van der Waals surface area (Å²) in [6.07, 6.45) is 3.71. The summed E-state index contributed by atoms with van der Waals surface area (Å²) in [6, 6.07) is 9.67. The van der Waals surface area contributed by atoms with Gasteiger partial charge in [0.25, 0.3) is 0 Å². The van der Waals surface area contributed by atoms with Crippen molar-refractivity contribution < 1.29 is 4.74 Å². The minimum Gasteiger partial charge on any atom is -0.372 e. The van der Waals surface area contributed by atoms with Crippen LogP contribution in [-0.2, 0) is 18.0 Å². The Morgan fingerprint density at radius 2 is 1.94 bits per heavy atom. The van der Waals surface area contributed by atoms with Crippen molar-refractivity contribution in [3.05, 3.63) is 53.3 Å². The molecule has 3 heteroatoms. The first-order valence-electron chi connectivity index (χ1n) is 5.42. The van der Waals surface area contributed by atoms with Gasteiger partial charge in [-0.15, -0.1) is 0 Å². The molecule has 0 unspecified atom stereocenters. The third kappa shape index (κ3) is 1.69. The van der Waals surface area contributed by atoms with E-state index in [1.54, 1.807) is 0 Å². The Morgan fingerprint density at radius 1 is 1.12 bits per heavy atom. The lowest BCUT2D eigenvalue weighted by Gasteiger charge is -2.06. The van der Waals surface area contributed by atoms with Crippen LogP contribution >= 0.6 is 0 Å². The molecule has 1 aromatic carbocycles. The number of nitrogens with zero attached hydrogens (tertiary/aromatic N) is 2. The van der Waals surface area contributed by atoms with E-state index in [4.69, 9.17) is 10.00 Å². The van der Waals surface area contributed by atoms with Crippen LogP contribution in [0.2, 0.25) is 0 Å². The molecule has 2 aromatic rings. The van der Waals surface area contributed by atoms with E-state index in [1.807, 2.05) is 36.7 Å². The monoisotopic (exact) mass is 222 g/mol. The van der Waals surface area contributed by atoms with Crippen LogP contribution in [-0.4, -0.2) is 4.98 Å². The van der Waals surface area contributed by atoms with Gasteiger partial charge in [-0.25, -0.2) is 0 Å². The van der Waals surface area contributed by atoms with Gasteiger partial charge >= 0.3 is 0 Å². The lowest BCUT2D eigenvalue weighted by Crippen LogP contribution is -1.90. The number of hydrogen-bond donors (Lipinski definition) is 0. The smallest absolute Gasteiger partial charge is 0.0991 e. The number of nitriles is 1.